The predicted octanol–water partition coefficient (Wildman–Crippen LogP) is 3.57. The molecule has 0 fully saturated rings. The van der Waals surface area contributed by atoms with Crippen molar-refractivity contribution < 1.29 is 9.59 Å². The van der Waals surface area contributed by atoms with Gasteiger partial charge in [0.1, 0.15) is 0 Å². The largest absolute Gasteiger partial charge is 0.356 e. The van der Waals surface area contributed by atoms with Crippen LogP contribution in [0.3, 0.4) is 0 Å². The molecule has 3 aromatic rings. The Bertz CT molecular complexity index is 901. The van der Waals surface area contributed by atoms with Gasteiger partial charge in [-0.3, -0.25) is 9.59 Å². The molecule has 0 aliphatic carbocycles. The predicted molar refractivity (Wildman–Crippen MR) is 104 cm³/mol. The molecule has 0 aliphatic rings. The molecule has 0 unspecified atom stereocenters. The van der Waals surface area contributed by atoms with Crippen LogP contribution in [0.2, 0.25) is 0 Å². The zero-order valence-electron chi connectivity index (χ0n) is 14.7. The number of hydrogen-bond donors (Lipinski definition) is 2. The number of nitrogens with one attached hydrogen (secondary N) is 2. The molecule has 3 aromatic carbocycles. The van der Waals surface area contributed by atoms with Crippen molar-refractivity contribution >= 4 is 22.6 Å². The Morgan fingerprint density at radius 3 is 2.35 bits per heavy atom. The topological polar surface area (TPSA) is 58.2 Å². The molecule has 4 nitrogen and oxygen atoms in total. The lowest BCUT2D eigenvalue weighted by atomic mass is 9.93. The molecule has 0 spiro atoms. The molecule has 0 saturated heterocycles. The van der Waals surface area contributed by atoms with E-state index >= 15 is 0 Å². The summed E-state index contributed by atoms with van der Waals surface area (Å²) in [6.45, 7) is 1.78. The SMILES string of the molecule is CC(=O)NCCC(=O)N[C@@H](c1ccccc1)c1cccc2ccccc12. The van der Waals surface area contributed by atoms with Gasteiger partial charge >= 0.3 is 0 Å². The maximum Gasteiger partial charge on any atom is 0.222 e. The summed E-state index contributed by atoms with van der Waals surface area (Å²) >= 11 is 0. The van der Waals surface area contributed by atoms with Crippen LogP contribution >= 0.6 is 0 Å². The number of rotatable bonds is 6. The van der Waals surface area contributed by atoms with Crippen LogP contribution < -0.4 is 10.6 Å². The number of benzene rings is 3. The molecule has 0 bridgehead atoms. The van der Waals surface area contributed by atoms with E-state index in [1.165, 1.54) is 6.92 Å². The zero-order chi connectivity index (χ0) is 18.4. The van der Waals surface area contributed by atoms with Crippen molar-refractivity contribution in [2.45, 2.75) is 19.4 Å². The highest BCUT2D eigenvalue weighted by atomic mass is 16.2. The first kappa shape index (κ1) is 17.7. The second-order valence-electron chi connectivity index (χ2n) is 6.21. The molecule has 4 heteroatoms. The summed E-state index contributed by atoms with van der Waals surface area (Å²) in [6, 6.07) is 24.0. The first-order valence-electron chi connectivity index (χ1n) is 8.71. The Hall–Kier alpha value is -3.14. The van der Waals surface area contributed by atoms with Gasteiger partial charge in [-0.1, -0.05) is 72.8 Å². The number of amides is 2. The molecule has 0 radical (unpaired) electrons. The van der Waals surface area contributed by atoms with Crippen molar-refractivity contribution in [2.24, 2.45) is 0 Å². The van der Waals surface area contributed by atoms with Crippen molar-refractivity contribution in [3.8, 4) is 0 Å². The fraction of sp³-hybridized carbons (Fsp3) is 0.182. The lowest BCUT2D eigenvalue weighted by molar-refractivity contribution is -0.122. The van der Waals surface area contributed by atoms with Gasteiger partial charge in [0.25, 0.3) is 0 Å². The standard InChI is InChI=1S/C22H22N2O2/c1-16(25)23-15-14-21(26)24-22(18-9-3-2-4-10-18)20-13-7-11-17-8-5-6-12-19(17)20/h2-13,22H,14-15H2,1H3,(H,23,25)(H,24,26)/t22-/m0/s1. The van der Waals surface area contributed by atoms with Crippen LogP contribution in [0.25, 0.3) is 10.8 Å². The van der Waals surface area contributed by atoms with Crippen LogP contribution in [0.5, 0.6) is 0 Å². The van der Waals surface area contributed by atoms with Crippen LogP contribution in [-0.4, -0.2) is 18.4 Å². The minimum absolute atomic E-state index is 0.0967. The molecule has 26 heavy (non-hydrogen) atoms. The minimum Gasteiger partial charge on any atom is -0.356 e. The first-order chi connectivity index (χ1) is 12.6. The van der Waals surface area contributed by atoms with E-state index in [9.17, 15) is 9.59 Å². The normalized spacial score (nSPS) is 11.7. The Morgan fingerprint density at radius 1 is 0.885 bits per heavy atom. The number of carbonyl (C=O) groups excluding carboxylic acids is 2. The molecule has 132 valence electrons. The summed E-state index contributed by atoms with van der Waals surface area (Å²) in [6.07, 6.45) is 0.244. The summed E-state index contributed by atoms with van der Waals surface area (Å²) in [5.74, 6) is -0.230. The van der Waals surface area contributed by atoms with Gasteiger partial charge in [-0.2, -0.15) is 0 Å². The smallest absolute Gasteiger partial charge is 0.222 e. The Morgan fingerprint density at radius 2 is 1.58 bits per heavy atom. The molecule has 0 aliphatic heterocycles. The summed E-state index contributed by atoms with van der Waals surface area (Å²) in [5.41, 5.74) is 2.08. The maximum atomic E-state index is 12.5. The van der Waals surface area contributed by atoms with E-state index in [-0.39, 0.29) is 24.3 Å². The third-order valence-electron chi connectivity index (χ3n) is 4.30. The molecular weight excluding hydrogens is 324 g/mol. The quantitative estimate of drug-likeness (QED) is 0.717. The van der Waals surface area contributed by atoms with E-state index in [1.54, 1.807) is 0 Å². The molecule has 0 saturated carbocycles. The van der Waals surface area contributed by atoms with Crippen LogP contribution in [-0.2, 0) is 9.59 Å². The van der Waals surface area contributed by atoms with Crippen molar-refractivity contribution in [3.63, 3.8) is 0 Å². The van der Waals surface area contributed by atoms with Crippen molar-refractivity contribution in [1.29, 1.82) is 0 Å². The molecule has 0 aromatic heterocycles. The number of hydrogen-bond acceptors (Lipinski definition) is 2. The lowest BCUT2D eigenvalue weighted by Gasteiger charge is -2.21. The molecular formula is C22H22N2O2. The minimum atomic E-state index is -0.243. The van der Waals surface area contributed by atoms with Gasteiger partial charge in [0.2, 0.25) is 11.8 Å². The third kappa shape index (κ3) is 4.28. The van der Waals surface area contributed by atoms with Gasteiger partial charge in [0, 0.05) is 19.9 Å². The number of fused-ring (bicyclic) bond motifs is 1. The van der Waals surface area contributed by atoms with Gasteiger partial charge in [0.05, 0.1) is 6.04 Å². The molecule has 1 atom stereocenters. The summed E-state index contributed by atoms with van der Waals surface area (Å²) in [7, 11) is 0. The van der Waals surface area contributed by atoms with E-state index in [2.05, 4.69) is 28.8 Å². The third-order valence-corrected chi connectivity index (χ3v) is 4.30. The number of carbonyl (C=O) groups is 2. The van der Waals surface area contributed by atoms with E-state index < -0.39 is 0 Å². The molecule has 0 heterocycles. The van der Waals surface area contributed by atoms with Gasteiger partial charge < -0.3 is 10.6 Å². The van der Waals surface area contributed by atoms with Gasteiger partial charge in [-0.25, -0.2) is 0 Å². The van der Waals surface area contributed by atoms with Crippen molar-refractivity contribution in [1.82, 2.24) is 10.6 Å². The Labute approximate surface area is 153 Å². The zero-order valence-corrected chi connectivity index (χ0v) is 14.7. The average molecular weight is 346 g/mol. The van der Waals surface area contributed by atoms with Gasteiger partial charge in [-0.05, 0) is 21.9 Å². The maximum absolute atomic E-state index is 12.5. The van der Waals surface area contributed by atoms with Gasteiger partial charge in [0.15, 0.2) is 0 Å². The fourth-order valence-corrected chi connectivity index (χ4v) is 3.07. The monoisotopic (exact) mass is 346 g/mol. The van der Waals surface area contributed by atoms with E-state index in [1.807, 2.05) is 54.6 Å². The molecule has 3 rings (SSSR count). The van der Waals surface area contributed by atoms with E-state index in [0.717, 1.165) is 21.9 Å². The molecule has 2 amide bonds. The van der Waals surface area contributed by atoms with Crippen LogP contribution in [0.15, 0.2) is 72.8 Å². The lowest BCUT2D eigenvalue weighted by Crippen LogP contribution is -2.32. The molecule has 2 N–H and O–H groups in total. The van der Waals surface area contributed by atoms with Crippen LogP contribution in [0.1, 0.15) is 30.5 Å². The second kappa shape index (κ2) is 8.30. The first-order valence-corrected chi connectivity index (χ1v) is 8.71. The highest BCUT2D eigenvalue weighted by molar-refractivity contribution is 5.87. The van der Waals surface area contributed by atoms with E-state index in [0.29, 0.717) is 6.54 Å². The van der Waals surface area contributed by atoms with Crippen LogP contribution in [0, 0.1) is 0 Å². The van der Waals surface area contributed by atoms with Crippen LogP contribution in [0.4, 0.5) is 0 Å². The Kier molecular flexibility index (Phi) is 5.64. The average Bonchev–Trinajstić information content (AvgIpc) is 2.66. The van der Waals surface area contributed by atoms with Crippen molar-refractivity contribution in [3.05, 3.63) is 83.9 Å². The van der Waals surface area contributed by atoms with E-state index in [4.69, 9.17) is 0 Å². The summed E-state index contributed by atoms with van der Waals surface area (Å²) in [4.78, 5) is 23.4. The van der Waals surface area contributed by atoms with Crippen molar-refractivity contribution in [2.75, 3.05) is 6.54 Å². The highest BCUT2D eigenvalue weighted by Gasteiger charge is 2.18. The summed E-state index contributed by atoms with van der Waals surface area (Å²) < 4.78 is 0. The van der Waals surface area contributed by atoms with Gasteiger partial charge in [-0.15, -0.1) is 0 Å². The highest BCUT2D eigenvalue weighted by Crippen LogP contribution is 2.29. The fourth-order valence-electron chi connectivity index (χ4n) is 3.07. The second-order valence-corrected chi connectivity index (χ2v) is 6.21. The Balaban J connectivity index is 1.91. The summed E-state index contributed by atoms with van der Waals surface area (Å²) in [5, 5.41) is 8.04.